The molecule has 1 aromatic carbocycles. The average Bonchev–Trinajstić information content (AvgIpc) is 2.28. The van der Waals surface area contributed by atoms with Crippen molar-refractivity contribution in [2.75, 3.05) is 7.11 Å². The van der Waals surface area contributed by atoms with Gasteiger partial charge in [-0.1, -0.05) is 11.6 Å². The number of carbonyl (C=O) groups excluding carboxylic acids is 1. The lowest BCUT2D eigenvalue weighted by Crippen LogP contribution is -2.41. The lowest BCUT2D eigenvalue weighted by Gasteiger charge is -2.40. The first-order valence-electron chi connectivity index (χ1n) is 5.70. The molecule has 0 saturated heterocycles. The molecule has 1 aliphatic rings. The van der Waals surface area contributed by atoms with Gasteiger partial charge in [-0.15, -0.1) is 0 Å². The summed E-state index contributed by atoms with van der Waals surface area (Å²) in [5.74, 6) is -2.44. The fourth-order valence-electron chi connectivity index (χ4n) is 2.15. The van der Waals surface area contributed by atoms with Crippen LogP contribution in [0.2, 0.25) is 5.02 Å². The van der Waals surface area contributed by atoms with Gasteiger partial charge in [-0.2, -0.15) is 0 Å². The average molecular weight is 275 g/mol. The molecule has 2 rings (SSSR count). The van der Waals surface area contributed by atoms with Gasteiger partial charge in [0.2, 0.25) is 0 Å². The normalized spacial score (nSPS) is 17.3. The number of ether oxygens (including phenoxy) is 1. The number of benzene rings is 1. The van der Waals surface area contributed by atoms with Gasteiger partial charge in [-0.25, -0.2) is 8.78 Å². The van der Waals surface area contributed by atoms with Crippen LogP contribution in [0.3, 0.4) is 0 Å². The Labute approximate surface area is 109 Å². The van der Waals surface area contributed by atoms with E-state index in [1.165, 1.54) is 0 Å². The number of carbonyl (C=O) groups is 1. The van der Waals surface area contributed by atoms with Crippen molar-refractivity contribution in [1.29, 1.82) is 0 Å². The summed E-state index contributed by atoms with van der Waals surface area (Å²) in [6.45, 7) is 0. The smallest absolute Gasteiger partial charge is 0.167 e. The van der Waals surface area contributed by atoms with Gasteiger partial charge in [0.25, 0.3) is 0 Å². The van der Waals surface area contributed by atoms with Gasteiger partial charge in [0, 0.05) is 19.1 Å². The molecule has 0 atom stereocenters. The van der Waals surface area contributed by atoms with Crippen LogP contribution in [0.25, 0.3) is 0 Å². The Morgan fingerprint density at radius 3 is 2.50 bits per heavy atom. The predicted octanol–water partition coefficient (Wildman–Crippen LogP) is 3.76. The molecule has 1 fully saturated rings. The molecule has 0 aliphatic heterocycles. The van der Waals surface area contributed by atoms with E-state index >= 15 is 0 Å². The molecule has 0 unspecified atom stereocenters. The van der Waals surface area contributed by atoms with Crippen LogP contribution in [-0.4, -0.2) is 18.5 Å². The van der Waals surface area contributed by atoms with Crippen molar-refractivity contribution in [1.82, 2.24) is 0 Å². The molecule has 0 aromatic heterocycles. The monoisotopic (exact) mass is 274 g/mol. The predicted molar refractivity (Wildman–Crippen MR) is 63.9 cm³/mol. The second kappa shape index (κ2) is 4.94. The molecule has 1 aromatic rings. The lowest BCUT2D eigenvalue weighted by atomic mass is 9.76. The van der Waals surface area contributed by atoms with Crippen molar-refractivity contribution < 1.29 is 18.3 Å². The minimum Gasteiger partial charge on any atom is -0.378 e. The fraction of sp³-hybridized carbons (Fsp3) is 0.462. The van der Waals surface area contributed by atoms with Crippen molar-refractivity contribution in [2.24, 2.45) is 0 Å². The van der Waals surface area contributed by atoms with Crippen molar-refractivity contribution in [3.63, 3.8) is 0 Å². The van der Waals surface area contributed by atoms with Crippen LogP contribution < -0.4 is 0 Å². The van der Waals surface area contributed by atoms with Gasteiger partial charge in [0.15, 0.2) is 17.4 Å². The van der Waals surface area contributed by atoms with E-state index in [0.717, 1.165) is 31.4 Å². The number of hydrogen-bond donors (Lipinski definition) is 0. The quantitative estimate of drug-likeness (QED) is 0.617. The zero-order chi connectivity index (χ0) is 13.3. The van der Waals surface area contributed by atoms with Crippen LogP contribution in [0.1, 0.15) is 36.0 Å². The molecule has 1 saturated carbocycles. The molecular weight excluding hydrogens is 262 g/mol. The van der Waals surface area contributed by atoms with Crippen LogP contribution in [0, 0.1) is 11.6 Å². The largest absolute Gasteiger partial charge is 0.378 e. The summed E-state index contributed by atoms with van der Waals surface area (Å²) in [6, 6.07) is 1.67. The molecule has 0 radical (unpaired) electrons. The number of ketones is 1. The molecule has 5 heteroatoms. The molecule has 0 bridgehead atoms. The molecule has 18 heavy (non-hydrogen) atoms. The highest BCUT2D eigenvalue weighted by molar-refractivity contribution is 6.34. The maximum atomic E-state index is 13.1. The first kappa shape index (κ1) is 13.4. The number of halogens is 3. The van der Waals surface area contributed by atoms with Crippen LogP contribution in [0.5, 0.6) is 0 Å². The first-order valence-corrected chi connectivity index (χ1v) is 6.08. The Morgan fingerprint density at radius 2 is 2.00 bits per heavy atom. The van der Waals surface area contributed by atoms with E-state index in [9.17, 15) is 13.6 Å². The number of Topliss-reactive ketones (excluding diaryl/α,β-unsaturated/α-hetero) is 1. The first-order chi connectivity index (χ1) is 8.47. The summed E-state index contributed by atoms with van der Waals surface area (Å²) in [7, 11) is 1.55. The third-order valence-corrected chi connectivity index (χ3v) is 3.80. The molecule has 1 aliphatic carbocycles. The fourth-order valence-corrected chi connectivity index (χ4v) is 2.40. The van der Waals surface area contributed by atoms with Crippen LogP contribution >= 0.6 is 11.6 Å². The number of rotatable bonds is 4. The van der Waals surface area contributed by atoms with Gasteiger partial charge in [0.1, 0.15) is 0 Å². The summed E-state index contributed by atoms with van der Waals surface area (Å²) >= 11 is 5.76. The third kappa shape index (κ3) is 2.40. The van der Waals surface area contributed by atoms with Gasteiger partial charge < -0.3 is 4.74 Å². The SMILES string of the molecule is COC1(CC(=O)c2cc(F)c(F)cc2Cl)CCC1. The zero-order valence-corrected chi connectivity index (χ0v) is 10.7. The van der Waals surface area contributed by atoms with Gasteiger partial charge in [-0.05, 0) is 31.4 Å². The summed E-state index contributed by atoms with van der Waals surface area (Å²) in [5.41, 5.74) is -0.440. The minimum atomic E-state index is -1.07. The van der Waals surface area contributed by atoms with E-state index in [1.54, 1.807) is 7.11 Å². The Balaban J connectivity index is 2.21. The Kier molecular flexibility index (Phi) is 3.69. The van der Waals surface area contributed by atoms with Gasteiger partial charge >= 0.3 is 0 Å². The zero-order valence-electron chi connectivity index (χ0n) is 9.93. The number of methoxy groups -OCH3 is 1. The van der Waals surface area contributed by atoms with E-state index in [1.807, 2.05) is 0 Å². The van der Waals surface area contributed by atoms with Crippen molar-refractivity contribution in [3.8, 4) is 0 Å². The summed E-state index contributed by atoms with van der Waals surface area (Å²) in [4.78, 5) is 12.0. The van der Waals surface area contributed by atoms with Crippen molar-refractivity contribution in [3.05, 3.63) is 34.4 Å². The third-order valence-electron chi connectivity index (χ3n) is 3.49. The van der Waals surface area contributed by atoms with E-state index in [-0.39, 0.29) is 22.8 Å². The van der Waals surface area contributed by atoms with E-state index in [2.05, 4.69) is 0 Å². The van der Waals surface area contributed by atoms with Gasteiger partial charge in [-0.3, -0.25) is 4.79 Å². The van der Waals surface area contributed by atoms with Gasteiger partial charge in [0.05, 0.1) is 10.6 Å². The summed E-state index contributed by atoms with van der Waals surface area (Å²) in [5, 5.41) is -0.0653. The van der Waals surface area contributed by atoms with E-state index in [0.29, 0.717) is 0 Å². The Morgan fingerprint density at radius 1 is 1.39 bits per heavy atom. The lowest BCUT2D eigenvalue weighted by molar-refractivity contribution is -0.0704. The second-order valence-electron chi connectivity index (χ2n) is 4.59. The van der Waals surface area contributed by atoms with Crippen molar-refractivity contribution in [2.45, 2.75) is 31.3 Å². The molecule has 98 valence electrons. The highest BCUT2D eigenvalue weighted by atomic mass is 35.5. The molecular formula is C13H13ClF2O2. The molecule has 2 nitrogen and oxygen atoms in total. The number of hydrogen-bond acceptors (Lipinski definition) is 2. The highest BCUT2D eigenvalue weighted by Gasteiger charge is 2.39. The standard InChI is InChI=1S/C13H13ClF2O2/c1-18-13(3-2-4-13)7-12(17)8-5-10(15)11(16)6-9(8)14/h5-6H,2-4,7H2,1H3. The van der Waals surface area contributed by atoms with E-state index < -0.39 is 17.2 Å². The maximum absolute atomic E-state index is 13.1. The van der Waals surface area contributed by atoms with Crippen LogP contribution in [0.4, 0.5) is 8.78 Å². The molecule has 0 spiro atoms. The topological polar surface area (TPSA) is 26.3 Å². The van der Waals surface area contributed by atoms with Crippen molar-refractivity contribution >= 4 is 17.4 Å². The summed E-state index contributed by atoms with van der Waals surface area (Å²) in [6.07, 6.45) is 2.76. The minimum absolute atomic E-state index is 0.0129. The Bertz CT molecular complexity index is 479. The van der Waals surface area contributed by atoms with Crippen LogP contribution in [0.15, 0.2) is 12.1 Å². The summed E-state index contributed by atoms with van der Waals surface area (Å²) < 4.78 is 31.4. The van der Waals surface area contributed by atoms with E-state index in [4.69, 9.17) is 16.3 Å². The molecule has 0 heterocycles. The Hall–Kier alpha value is -1.00. The molecule has 0 amide bonds. The maximum Gasteiger partial charge on any atom is 0.167 e. The molecule has 0 N–H and O–H groups in total. The van der Waals surface area contributed by atoms with Crippen LogP contribution in [-0.2, 0) is 4.74 Å². The highest BCUT2D eigenvalue weighted by Crippen LogP contribution is 2.39. The second-order valence-corrected chi connectivity index (χ2v) is 4.99.